The molecule has 0 aromatic heterocycles. The van der Waals surface area contributed by atoms with Crippen molar-refractivity contribution >= 4 is 28.5 Å². The van der Waals surface area contributed by atoms with Crippen molar-refractivity contribution in [1.29, 1.82) is 0 Å². The summed E-state index contributed by atoms with van der Waals surface area (Å²) in [6, 6.07) is 17.9. The molecule has 4 N–H and O–H groups in total. The van der Waals surface area contributed by atoms with E-state index in [0.717, 1.165) is 10.8 Å². The molecule has 0 fully saturated rings. The smallest absolute Gasteiger partial charge is 0.412 e. The molecule has 0 aliphatic rings. The molecule has 184 valence electrons. The number of hydrogen-bond acceptors (Lipinski definition) is 7. The Kier molecular flexibility index (Phi) is 9.05. The Bertz CT molecular complexity index is 1190. The zero-order valence-corrected chi connectivity index (χ0v) is 19.4. The van der Waals surface area contributed by atoms with Crippen LogP contribution in [0, 0.1) is 0 Å². The molecule has 0 radical (unpaired) electrons. The highest BCUT2D eigenvalue weighted by Crippen LogP contribution is 2.34. The predicted octanol–water partition coefficient (Wildman–Crippen LogP) is 4.70. The van der Waals surface area contributed by atoms with E-state index in [1.165, 1.54) is 31.8 Å². The fourth-order valence-corrected chi connectivity index (χ4v) is 3.71. The zero-order valence-electron chi connectivity index (χ0n) is 19.4. The van der Waals surface area contributed by atoms with Gasteiger partial charge in [-0.15, -0.1) is 0 Å². The molecule has 3 rings (SSSR count). The average molecular weight is 481 g/mol. The van der Waals surface area contributed by atoms with Gasteiger partial charge in [-0.05, 0) is 42.0 Å². The molecular weight excluding hydrogens is 452 g/mol. The molecule has 3 aromatic carbocycles. The van der Waals surface area contributed by atoms with Gasteiger partial charge in [-0.2, -0.15) is 0 Å². The number of fused-ring (bicyclic) bond motifs is 1. The summed E-state index contributed by atoms with van der Waals surface area (Å²) in [7, 11) is 2.92. The maximum absolute atomic E-state index is 13.0. The number of carbonyl (C=O) groups is 2. The maximum Gasteiger partial charge on any atom is 0.412 e. The highest BCUT2D eigenvalue weighted by Gasteiger charge is 2.28. The minimum atomic E-state index is -0.883. The first-order valence-electron chi connectivity index (χ1n) is 10.9. The van der Waals surface area contributed by atoms with Gasteiger partial charge in [0.05, 0.1) is 18.9 Å². The van der Waals surface area contributed by atoms with E-state index in [2.05, 4.69) is 5.32 Å². The van der Waals surface area contributed by atoms with Crippen LogP contribution in [0.15, 0.2) is 72.8 Å². The van der Waals surface area contributed by atoms with E-state index >= 15 is 0 Å². The molecule has 0 unspecified atom stereocenters. The summed E-state index contributed by atoms with van der Waals surface area (Å²) < 4.78 is 16.5. The van der Waals surface area contributed by atoms with E-state index in [1.54, 1.807) is 24.3 Å². The number of nitrogens with one attached hydrogen (secondary N) is 2. The van der Waals surface area contributed by atoms with Crippen molar-refractivity contribution in [2.24, 2.45) is 0 Å². The molecule has 0 saturated heterocycles. The van der Waals surface area contributed by atoms with Gasteiger partial charge in [0.1, 0.15) is 0 Å². The summed E-state index contributed by atoms with van der Waals surface area (Å²) in [5, 5.41) is 23.5. The van der Waals surface area contributed by atoms with Crippen molar-refractivity contribution in [2.45, 2.75) is 25.0 Å². The summed E-state index contributed by atoms with van der Waals surface area (Å²) in [5.41, 5.74) is 2.61. The number of carbonyl (C=O) groups excluding carboxylic acids is 2. The molecule has 35 heavy (non-hydrogen) atoms. The topological polar surface area (TPSA) is 126 Å². The Morgan fingerprint density at radius 3 is 2.54 bits per heavy atom. The number of allylic oxidation sites excluding steroid dienone is 1. The van der Waals surface area contributed by atoms with Crippen molar-refractivity contribution in [3.63, 3.8) is 0 Å². The number of rotatable bonds is 10. The van der Waals surface area contributed by atoms with Gasteiger partial charge in [-0.25, -0.2) is 10.3 Å². The van der Waals surface area contributed by atoms with Gasteiger partial charge in [0.25, 0.3) is 5.91 Å². The third-order valence-corrected chi connectivity index (χ3v) is 5.43. The summed E-state index contributed by atoms with van der Waals surface area (Å²) in [4.78, 5) is 24.2. The number of methoxy groups -OCH3 is 2. The summed E-state index contributed by atoms with van der Waals surface area (Å²) >= 11 is 0. The number of anilines is 1. The molecule has 9 nitrogen and oxygen atoms in total. The third-order valence-electron chi connectivity index (χ3n) is 5.43. The van der Waals surface area contributed by atoms with Crippen LogP contribution in [0.5, 0.6) is 11.5 Å². The lowest BCUT2D eigenvalue weighted by atomic mass is 9.99. The van der Waals surface area contributed by atoms with Crippen LogP contribution in [0.2, 0.25) is 0 Å². The molecule has 2 amide bonds. The highest BCUT2D eigenvalue weighted by atomic mass is 16.6. The number of phenols is 1. The normalized spacial score (nSPS) is 12.8. The standard InChI is InChI=1S/C26H28N2O7/c1-33-22-15-14-18(16-21(22)29)25(23(34-2)12-5-6-13-24(30)28-32)35-26(31)27-20-11-7-9-17-8-3-4-10-19(17)20/h3-4,6-11,13-16,23,25,29,32H,5,12H2,1-2H3,(H,27,31)(H,28,30)/b13-6+/t23-,25-/m1/s1. The van der Waals surface area contributed by atoms with Gasteiger partial charge in [-0.1, -0.05) is 48.5 Å². The molecule has 0 spiro atoms. The Labute approximate surface area is 202 Å². The first-order chi connectivity index (χ1) is 17.0. The second-order valence-corrected chi connectivity index (χ2v) is 7.64. The van der Waals surface area contributed by atoms with Crippen LogP contribution in [0.1, 0.15) is 24.5 Å². The van der Waals surface area contributed by atoms with E-state index in [4.69, 9.17) is 19.4 Å². The molecular formula is C26H28N2O7. The third kappa shape index (κ3) is 6.72. The predicted molar refractivity (Wildman–Crippen MR) is 131 cm³/mol. The second-order valence-electron chi connectivity index (χ2n) is 7.64. The monoisotopic (exact) mass is 480 g/mol. The van der Waals surface area contributed by atoms with E-state index in [-0.39, 0.29) is 11.5 Å². The highest BCUT2D eigenvalue weighted by molar-refractivity contribution is 6.00. The summed E-state index contributed by atoms with van der Waals surface area (Å²) in [6.45, 7) is 0. The molecule has 3 aromatic rings. The van der Waals surface area contributed by atoms with E-state index < -0.39 is 24.2 Å². The Hall–Kier alpha value is -4.08. The van der Waals surface area contributed by atoms with Crippen LogP contribution in [-0.4, -0.2) is 42.6 Å². The lowest BCUT2D eigenvalue weighted by Gasteiger charge is -2.27. The van der Waals surface area contributed by atoms with E-state index in [0.29, 0.717) is 24.1 Å². The Balaban J connectivity index is 1.83. The van der Waals surface area contributed by atoms with E-state index in [9.17, 15) is 14.7 Å². The second kappa shape index (κ2) is 12.4. The quantitative estimate of drug-likeness (QED) is 0.188. The average Bonchev–Trinajstić information content (AvgIpc) is 2.87. The number of ether oxygens (including phenoxy) is 3. The van der Waals surface area contributed by atoms with Crippen LogP contribution in [0.4, 0.5) is 10.5 Å². The molecule has 0 aliphatic carbocycles. The van der Waals surface area contributed by atoms with Crippen LogP contribution in [-0.2, 0) is 14.3 Å². The largest absolute Gasteiger partial charge is 0.504 e. The van der Waals surface area contributed by atoms with Crippen LogP contribution in [0.25, 0.3) is 10.8 Å². The van der Waals surface area contributed by atoms with Crippen molar-refractivity contribution < 1.29 is 34.1 Å². The zero-order chi connectivity index (χ0) is 25.2. The van der Waals surface area contributed by atoms with Crippen molar-refractivity contribution in [2.75, 3.05) is 19.5 Å². The number of hydrogen-bond donors (Lipinski definition) is 4. The van der Waals surface area contributed by atoms with Gasteiger partial charge in [0.2, 0.25) is 0 Å². The lowest BCUT2D eigenvalue weighted by molar-refractivity contribution is -0.124. The van der Waals surface area contributed by atoms with E-state index in [1.807, 2.05) is 36.4 Å². The summed E-state index contributed by atoms with van der Waals surface area (Å²) in [6.07, 6.45) is 1.35. The van der Waals surface area contributed by atoms with Crippen molar-refractivity contribution in [1.82, 2.24) is 5.48 Å². The number of aromatic hydroxyl groups is 1. The molecule has 0 saturated carbocycles. The Morgan fingerprint density at radius 2 is 1.83 bits per heavy atom. The number of amides is 2. The first-order valence-corrected chi connectivity index (χ1v) is 10.9. The fourth-order valence-electron chi connectivity index (χ4n) is 3.71. The van der Waals surface area contributed by atoms with Crippen molar-refractivity contribution in [3.05, 3.63) is 78.4 Å². The number of hydroxylamine groups is 1. The molecule has 0 bridgehead atoms. The maximum atomic E-state index is 13.0. The summed E-state index contributed by atoms with van der Waals surface area (Å²) in [5.74, 6) is -0.483. The van der Waals surface area contributed by atoms with Crippen molar-refractivity contribution in [3.8, 4) is 11.5 Å². The molecule has 2 atom stereocenters. The van der Waals surface area contributed by atoms with Crippen LogP contribution >= 0.6 is 0 Å². The first kappa shape index (κ1) is 25.5. The number of phenolic OH excluding ortho intramolecular Hbond substituents is 1. The molecule has 0 heterocycles. The minimum absolute atomic E-state index is 0.109. The SMILES string of the molecule is COc1ccc([C@@H](OC(=O)Nc2cccc3ccccc23)[C@@H](CC/C=C/C(=O)NO)OC)cc1O. The minimum Gasteiger partial charge on any atom is -0.504 e. The van der Waals surface area contributed by atoms with Gasteiger partial charge in [0, 0.05) is 18.6 Å². The molecule has 0 aliphatic heterocycles. The van der Waals surface area contributed by atoms with Crippen LogP contribution in [0.3, 0.4) is 0 Å². The van der Waals surface area contributed by atoms with Gasteiger partial charge in [-0.3, -0.25) is 15.3 Å². The fraction of sp³-hybridized carbons (Fsp3) is 0.231. The van der Waals surface area contributed by atoms with Crippen LogP contribution < -0.4 is 15.5 Å². The Morgan fingerprint density at radius 1 is 1.06 bits per heavy atom. The van der Waals surface area contributed by atoms with Gasteiger partial charge < -0.3 is 19.3 Å². The van der Waals surface area contributed by atoms with Gasteiger partial charge >= 0.3 is 6.09 Å². The lowest BCUT2D eigenvalue weighted by Crippen LogP contribution is -2.28. The number of benzene rings is 3. The van der Waals surface area contributed by atoms with Gasteiger partial charge in [0.15, 0.2) is 17.6 Å². The molecule has 9 heteroatoms.